The van der Waals surface area contributed by atoms with Crippen LogP contribution in [0.1, 0.15) is 16.2 Å². The lowest BCUT2D eigenvalue weighted by Gasteiger charge is -2.16. The van der Waals surface area contributed by atoms with E-state index in [0.29, 0.717) is 27.2 Å². The molecule has 0 radical (unpaired) electrons. The van der Waals surface area contributed by atoms with Gasteiger partial charge in [-0.25, -0.2) is 4.79 Å². The van der Waals surface area contributed by atoms with Gasteiger partial charge in [-0.1, -0.05) is 35.3 Å². The van der Waals surface area contributed by atoms with Crippen LogP contribution in [0.15, 0.2) is 46.9 Å². The van der Waals surface area contributed by atoms with Gasteiger partial charge in [0.1, 0.15) is 6.23 Å². The van der Waals surface area contributed by atoms with E-state index in [0.717, 1.165) is 0 Å². The van der Waals surface area contributed by atoms with E-state index in [2.05, 4.69) is 20.8 Å². The summed E-state index contributed by atoms with van der Waals surface area (Å²) < 4.78 is 5.55. The van der Waals surface area contributed by atoms with Crippen molar-refractivity contribution in [2.75, 3.05) is 11.9 Å². The Morgan fingerprint density at radius 1 is 1.18 bits per heavy atom. The Kier molecular flexibility index (Phi) is 6.48. The van der Waals surface area contributed by atoms with E-state index in [1.54, 1.807) is 36.4 Å². The van der Waals surface area contributed by atoms with Crippen LogP contribution in [0.2, 0.25) is 10.0 Å². The zero-order valence-corrected chi connectivity index (χ0v) is 15.9. The molecule has 0 amide bonds. The minimum atomic E-state index is -1.08. The summed E-state index contributed by atoms with van der Waals surface area (Å²) in [7, 11) is 0. The largest absolute Gasteiger partial charge is 0.478 e. The number of benzene rings is 2. The molecule has 0 aliphatic rings. The SMILES string of the molecule is O=C(O)c1ccccc1NC(O)CNCc1nnc(-c2cc(Cl)ccc2Cl)o1. The first kappa shape index (κ1) is 20.1. The van der Waals surface area contributed by atoms with Crippen LogP contribution in [-0.2, 0) is 6.54 Å². The monoisotopic (exact) mass is 422 g/mol. The van der Waals surface area contributed by atoms with Gasteiger partial charge >= 0.3 is 5.97 Å². The van der Waals surface area contributed by atoms with Crippen LogP contribution in [0.25, 0.3) is 11.5 Å². The van der Waals surface area contributed by atoms with Gasteiger partial charge in [0.25, 0.3) is 0 Å². The second-order valence-corrected chi connectivity index (χ2v) is 6.61. The van der Waals surface area contributed by atoms with E-state index in [4.69, 9.17) is 32.7 Å². The third-order valence-electron chi connectivity index (χ3n) is 3.72. The number of aliphatic hydroxyl groups is 1. The molecule has 8 nitrogen and oxygen atoms in total. The van der Waals surface area contributed by atoms with Crippen LogP contribution < -0.4 is 10.6 Å². The molecule has 0 spiro atoms. The molecule has 28 heavy (non-hydrogen) atoms. The van der Waals surface area contributed by atoms with E-state index in [-0.39, 0.29) is 24.5 Å². The Balaban J connectivity index is 1.55. The van der Waals surface area contributed by atoms with Gasteiger partial charge in [-0.15, -0.1) is 10.2 Å². The molecule has 0 aliphatic carbocycles. The predicted octanol–water partition coefficient (Wildman–Crippen LogP) is 3.26. The van der Waals surface area contributed by atoms with E-state index in [9.17, 15) is 9.90 Å². The highest BCUT2D eigenvalue weighted by Gasteiger charge is 2.14. The molecule has 2 aromatic carbocycles. The summed E-state index contributed by atoms with van der Waals surface area (Å²) in [4.78, 5) is 11.2. The van der Waals surface area contributed by atoms with Gasteiger partial charge in [0, 0.05) is 11.6 Å². The molecular weight excluding hydrogens is 407 g/mol. The van der Waals surface area contributed by atoms with Crippen molar-refractivity contribution in [2.24, 2.45) is 0 Å². The normalized spacial score (nSPS) is 12.0. The van der Waals surface area contributed by atoms with Crippen LogP contribution >= 0.6 is 23.2 Å². The fourth-order valence-corrected chi connectivity index (χ4v) is 2.81. The number of carboxylic acids is 1. The number of aromatic nitrogens is 2. The summed E-state index contributed by atoms with van der Waals surface area (Å²) in [6, 6.07) is 11.2. The van der Waals surface area contributed by atoms with Gasteiger partial charge < -0.3 is 25.3 Å². The number of aromatic carboxylic acids is 1. The van der Waals surface area contributed by atoms with Crippen molar-refractivity contribution in [3.63, 3.8) is 0 Å². The number of aliphatic hydroxyl groups excluding tert-OH is 1. The molecule has 0 bridgehead atoms. The van der Waals surface area contributed by atoms with Gasteiger partial charge in [0.2, 0.25) is 11.8 Å². The van der Waals surface area contributed by atoms with E-state index >= 15 is 0 Å². The van der Waals surface area contributed by atoms with Gasteiger partial charge in [-0.05, 0) is 30.3 Å². The fraction of sp³-hybridized carbons (Fsp3) is 0.167. The zero-order valence-electron chi connectivity index (χ0n) is 14.4. The van der Waals surface area contributed by atoms with E-state index in [1.807, 2.05) is 0 Å². The number of nitrogens with zero attached hydrogens (tertiary/aromatic N) is 2. The second-order valence-electron chi connectivity index (χ2n) is 5.77. The third kappa shape index (κ3) is 4.99. The number of nitrogens with one attached hydrogen (secondary N) is 2. The van der Waals surface area contributed by atoms with E-state index in [1.165, 1.54) is 6.07 Å². The molecule has 4 N–H and O–H groups in total. The molecule has 1 atom stereocenters. The first-order valence-corrected chi connectivity index (χ1v) is 8.95. The van der Waals surface area contributed by atoms with Crippen molar-refractivity contribution < 1.29 is 19.4 Å². The molecule has 0 saturated carbocycles. The van der Waals surface area contributed by atoms with Crippen LogP contribution in [0.4, 0.5) is 5.69 Å². The number of carbonyl (C=O) groups is 1. The average Bonchev–Trinajstić information content (AvgIpc) is 3.12. The second kappa shape index (κ2) is 9.03. The summed E-state index contributed by atoms with van der Waals surface area (Å²) in [6.07, 6.45) is -1.02. The standard InChI is InChI=1S/C18H16Cl2N4O4/c19-10-5-6-13(20)12(7-10)17-24-23-16(28-17)9-21-8-15(25)22-14-4-2-1-3-11(14)18(26)27/h1-7,15,21-22,25H,8-9H2,(H,26,27). The third-order valence-corrected chi connectivity index (χ3v) is 4.28. The molecule has 10 heteroatoms. The van der Waals surface area contributed by atoms with Gasteiger partial charge in [-0.2, -0.15) is 0 Å². The topological polar surface area (TPSA) is 121 Å². The highest BCUT2D eigenvalue weighted by Crippen LogP contribution is 2.29. The summed E-state index contributed by atoms with van der Waals surface area (Å²) in [5.41, 5.74) is 0.918. The smallest absolute Gasteiger partial charge is 0.337 e. The number of rotatable bonds is 8. The first-order valence-electron chi connectivity index (χ1n) is 8.19. The van der Waals surface area contributed by atoms with Crippen molar-refractivity contribution in [1.29, 1.82) is 0 Å². The average molecular weight is 423 g/mol. The quantitative estimate of drug-likeness (QED) is 0.408. The lowest BCUT2D eigenvalue weighted by Crippen LogP contribution is -2.33. The zero-order chi connectivity index (χ0) is 20.1. The number of hydrogen-bond donors (Lipinski definition) is 4. The molecule has 0 aliphatic heterocycles. The Labute approximate surface area is 170 Å². The minimum Gasteiger partial charge on any atom is -0.478 e. The number of halogens is 2. The minimum absolute atomic E-state index is 0.0708. The molecule has 1 heterocycles. The summed E-state index contributed by atoms with van der Waals surface area (Å²) in [6.45, 7) is 0.314. The molecule has 1 aromatic heterocycles. The number of carboxylic acid groups (broad SMARTS) is 1. The number of anilines is 1. The number of para-hydroxylation sites is 1. The summed E-state index contributed by atoms with van der Waals surface area (Å²) in [5, 5.41) is 33.7. The molecule has 1 unspecified atom stereocenters. The molecule has 0 saturated heterocycles. The maximum Gasteiger partial charge on any atom is 0.337 e. The molecule has 3 aromatic rings. The van der Waals surface area contributed by atoms with Gasteiger partial charge in [-0.3, -0.25) is 0 Å². The van der Waals surface area contributed by atoms with Gasteiger partial charge in [0.05, 0.1) is 28.4 Å². The Morgan fingerprint density at radius 3 is 2.75 bits per heavy atom. The lowest BCUT2D eigenvalue weighted by atomic mass is 10.2. The molecule has 146 valence electrons. The van der Waals surface area contributed by atoms with Crippen LogP contribution in [0.5, 0.6) is 0 Å². The predicted molar refractivity (Wildman–Crippen MR) is 104 cm³/mol. The van der Waals surface area contributed by atoms with Crippen LogP contribution in [-0.4, -0.2) is 39.2 Å². The van der Waals surface area contributed by atoms with Gasteiger partial charge in [0.15, 0.2) is 0 Å². The maximum atomic E-state index is 11.2. The number of hydrogen-bond acceptors (Lipinski definition) is 7. The highest BCUT2D eigenvalue weighted by molar-refractivity contribution is 6.35. The van der Waals surface area contributed by atoms with Crippen molar-refractivity contribution in [3.05, 3.63) is 64.0 Å². The van der Waals surface area contributed by atoms with Crippen LogP contribution in [0.3, 0.4) is 0 Å². The fourth-order valence-electron chi connectivity index (χ4n) is 2.44. The first-order chi connectivity index (χ1) is 13.4. The lowest BCUT2D eigenvalue weighted by molar-refractivity contribution is 0.0697. The van der Waals surface area contributed by atoms with Crippen molar-refractivity contribution in [3.8, 4) is 11.5 Å². The van der Waals surface area contributed by atoms with Crippen molar-refractivity contribution in [2.45, 2.75) is 12.8 Å². The van der Waals surface area contributed by atoms with Crippen LogP contribution in [0, 0.1) is 0 Å². The maximum absolute atomic E-state index is 11.2. The Bertz CT molecular complexity index is 980. The molecule has 3 rings (SSSR count). The van der Waals surface area contributed by atoms with Crippen molar-refractivity contribution >= 4 is 34.9 Å². The summed E-state index contributed by atoms with van der Waals surface area (Å²) in [5.74, 6) is -0.552. The van der Waals surface area contributed by atoms with E-state index < -0.39 is 12.2 Å². The molecular formula is C18H16Cl2N4O4. The highest BCUT2D eigenvalue weighted by atomic mass is 35.5. The van der Waals surface area contributed by atoms with Crippen molar-refractivity contribution in [1.82, 2.24) is 15.5 Å². The Hall–Kier alpha value is -2.65. The Morgan fingerprint density at radius 2 is 1.96 bits per heavy atom. The summed E-state index contributed by atoms with van der Waals surface area (Å²) >= 11 is 12.1. The molecule has 0 fully saturated rings.